The summed E-state index contributed by atoms with van der Waals surface area (Å²) in [5, 5.41) is 14.0. The SMILES string of the molecule is COc1ccc(OC)c(Nc2ccc(NC(=O)Cc3ccc(C)cc3)nn2)c1. The predicted molar refractivity (Wildman–Crippen MR) is 108 cm³/mol. The minimum absolute atomic E-state index is 0.145. The summed E-state index contributed by atoms with van der Waals surface area (Å²) in [4.78, 5) is 12.2. The van der Waals surface area contributed by atoms with Crippen molar-refractivity contribution in [2.75, 3.05) is 24.9 Å². The lowest BCUT2D eigenvalue weighted by molar-refractivity contribution is -0.115. The number of aryl methyl sites for hydroxylation is 1. The number of hydrogen-bond donors (Lipinski definition) is 2. The van der Waals surface area contributed by atoms with Gasteiger partial charge in [0, 0.05) is 6.07 Å². The Morgan fingerprint density at radius 3 is 2.29 bits per heavy atom. The van der Waals surface area contributed by atoms with Gasteiger partial charge in [-0.2, -0.15) is 0 Å². The van der Waals surface area contributed by atoms with Crippen LogP contribution in [-0.4, -0.2) is 30.3 Å². The van der Waals surface area contributed by atoms with Crippen molar-refractivity contribution in [3.05, 3.63) is 65.7 Å². The van der Waals surface area contributed by atoms with Crippen LogP contribution in [0.15, 0.2) is 54.6 Å². The highest BCUT2D eigenvalue weighted by molar-refractivity contribution is 5.91. The zero-order valence-corrected chi connectivity index (χ0v) is 16.0. The smallest absolute Gasteiger partial charge is 0.229 e. The van der Waals surface area contributed by atoms with Gasteiger partial charge in [0.05, 0.1) is 26.3 Å². The Kier molecular flexibility index (Phi) is 6.06. The van der Waals surface area contributed by atoms with Gasteiger partial charge in [-0.05, 0) is 36.8 Å². The Bertz CT molecular complexity index is 941. The molecule has 28 heavy (non-hydrogen) atoms. The normalized spacial score (nSPS) is 10.2. The molecule has 1 heterocycles. The second kappa shape index (κ2) is 8.85. The van der Waals surface area contributed by atoms with E-state index in [-0.39, 0.29) is 12.3 Å². The van der Waals surface area contributed by atoms with Gasteiger partial charge in [0.1, 0.15) is 11.5 Å². The van der Waals surface area contributed by atoms with E-state index >= 15 is 0 Å². The summed E-state index contributed by atoms with van der Waals surface area (Å²) in [6.45, 7) is 2.01. The fourth-order valence-corrected chi connectivity index (χ4v) is 2.59. The second-order valence-electron chi connectivity index (χ2n) is 6.21. The van der Waals surface area contributed by atoms with Gasteiger partial charge in [-0.3, -0.25) is 4.79 Å². The van der Waals surface area contributed by atoms with Crippen molar-refractivity contribution >= 4 is 23.2 Å². The number of nitrogens with one attached hydrogen (secondary N) is 2. The first-order valence-corrected chi connectivity index (χ1v) is 8.75. The molecule has 2 N–H and O–H groups in total. The van der Waals surface area contributed by atoms with E-state index in [9.17, 15) is 4.79 Å². The first-order chi connectivity index (χ1) is 13.6. The third-order valence-electron chi connectivity index (χ3n) is 4.09. The van der Waals surface area contributed by atoms with Gasteiger partial charge in [0.15, 0.2) is 11.6 Å². The zero-order chi connectivity index (χ0) is 19.9. The van der Waals surface area contributed by atoms with E-state index in [4.69, 9.17) is 9.47 Å². The standard InChI is InChI=1S/C21H22N4O3/c1-14-4-6-15(7-5-14)12-21(26)23-20-11-10-19(24-25-20)22-17-13-16(27-2)8-9-18(17)28-3/h4-11,13H,12H2,1-3H3,(H,22,24)(H,23,25,26). The molecule has 3 rings (SSSR count). The summed E-state index contributed by atoms with van der Waals surface area (Å²) in [6, 6.07) is 16.7. The maximum absolute atomic E-state index is 12.2. The molecule has 1 amide bonds. The number of aromatic nitrogens is 2. The van der Waals surface area contributed by atoms with Crippen LogP contribution in [0.2, 0.25) is 0 Å². The molecule has 2 aromatic carbocycles. The summed E-state index contributed by atoms with van der Waals surface area (Å²) >= 11 is 0. The average molecular weight is 378 g/mol. The summed E-state index contributed by atoms with van der Waals surface area (Å²) < 4.78 is 10.6. The number of carbonyl (C=O) groups excluding carboxylic acids is 1. The van der Waals surface area contributed by atoms with Crippen LogP contribution in [0.3, 0.4) is 0 Å². The van der Waals surface area contributed by atoms with E-state index in [0.717, 1.165) is 11.1 Å². The van der Waals surface area contributed by atoms with Gasteiger partial charge < -0.3 is 20.1 Å². The van der Waals surface area contributed by atoms with Crippen molar-refractivity contribution in [1.82, 2.24) is 10.2 Å². The largest absolute Gasteiger partial charge is 0.497 e. The lowest BCUT2D eigenvalue weighted by Gasteiger charge is -2.12. The van der Waals surface area contributed by atoms with E-state index in [1.54, 1.807) is 38.5 Å². The molecular weight excluding hydrogens is 356 g/mol. The zero-order valence-electron chi connectivity index (χ0n) is 16.0. The molecule has 0 aliphatic heterocycles. The Hall–Kier alpha value is -3.61. The molecule has 0 spiro atoms. The van der Waals surface area contributed by atoms with Crippen molar-refractivity contribution in [1.29, 1.82) is 0 Å². The van der Waals surface area contributed by atoms with E-state index in [2.05, 4.69) is 20.8 Å². The number of hydrogen-bond acceptors (Lipinski definition) is 6. The molecular formula is C21H22N4O3. The number of rotatable bonds is 7. The van der Waals surface area contributed by atoms with Gasteiger partial charge >= 0.3 is 0 Å². The maximum Gasteiger partial charge on any atom is 0.229 e. The Labute approximate surface area is 163 Å². The summed E-state index contributed by atoms with van der Waals surface area (Å²) in [5.74, 6) is 2.10. The highest BCUT2D eigenvalue weighted by atomic mass is 16.5. The van der Waals surface area contributed by atoms with Gasteiger partial charge in [0.25, 0.3) is 0 Å². The average Bonchev–Trinajstić information content (AvgIpc) is 2.71. The molecule has 7 nitrogen and oxygen atoms in total. The highest BCUT2D eigenvalue weighted by Gasteiger charge is 2.08. The van der Waals surface area contributed by atoms with Gasteiger partial charge in [-0.1, -0.05) is 29.8 Å². The van der Waals surface area contributed by atoms with Gasteiger partial charge in [-0.25, -0.2) is 0 Å². The van der Waals surface area contributed by atoms with Crippen LogP contribution in [0.4, 0.5) is 17.3 Å². The third kappa shape index (κ3) is 4.97. The summed E-state index contributed by atoms with van der Waals surface area (Å²) in [7, 11) is 3.19. The number of amides is 1. The van der Waals surface area contributed by atoms with Crippen molar-refractivity contribution in [2.24, 2.45) is 0 Å². The van der Waals surface area contributed by atoms with E-state index in [1.165, 1.54) is 0 Å². The fourth-order valence-electron chi connectivity index (χ4n) is 2.59. The molecule has 144 valence electrons. The number of ether oxygens (including phenoxy) is 2. The quantitative estimate of drug-likeness (QED) is 0.652. The minimum atomic E-state index is -0.145. The van der Waals surface area contributed by atoms with Crippen LogP contribution in [-0.2, 0) is 11.2 Å². The predicted octanol–water partition coefficient (Wildman–Crippen LogP) is 3.73. The van der Waals surface area contributed by atoms with Crippen LogP contribution in [0.5, 0.6) is 11.5 Å². The van der Waals surface area contributed by atoms with Crippen LogP contribution in [0.25, 0.3) is 0 Å². The van der Waals surface area contributed by atoms with Crippen LogP contribution < -0.4 is 20.1 Å². The topological polar surface area (TPSA) is 85.4 Å². The molecule has 7 heteroatoms. The number of benzene rings is 2. The van der Waals surface area contributed by atoms with Crippen molar-refractivity contribution in [2.45, 2.75) is 13.3 Å². The molecule has 0 bridgehead atoms. The van der Waals surface area contributed by atoms with Crippen molar-refractivity contribution in [3.8, 4) is 11.5 Å². The Morgan fingerprint density at radius 2 is 1.64 bits per heavy atom. The third-order valence-corrected chi connectivity index (χ3v) is 4.09. The first kappa shape index (κ1) is 19.2. The number of anilines is 3. The fraction of sp³-hybridized carbons (Fsp3) is 0.190. The van der Waals surface area contributed by atoms with Crippen molar-refractivity contribution < 1.29 is 14.3 Å². The van der Waals surface area contributed by atoms with E-state index in [1.807, 2.05) is 37.3 Å². The molecule has 0 radical (unpaired) electrons. The van der Waals surface area contributed by atoms with Crippen LogP contribution in [0, 0.1) is 6.92 Å². The monoisotopic (exact) mass is 378 g/mol. The second-order valence-corrected chi connectivity index (χ2v) is 6.21. The molecule has 3 aromatic rings. The molecule has 0 atom stereocenters. The number of carbonyl (C=O) groups is 1. The van der Waals surface area contributed by atoms with Crippen molar-refractivity contribution in [3.63, 3.8) is 0 Å². The van der Waals surface area contributed by atoms with Gasteiger partial charge in [-0.15, -0.1) is 10.2 Å². The lowest BCUT2D eigenvalue weighted by Crippen LogP contribution is -2.15. The number of methoxy groups -OCH3 is 2. The highest BCUT2D eigenvalue weighted by Crippen LogP contribution is 2.30. The molecule has 0 aliphatic carbocycles. The molecule has 0 aliphatic rings. The van der Waals surface area contributed by atoms with Crippen LogP contribution >= 0.6 is 0 Å². The lowest BCUT2D eigenvalue weighted by atomic mass is 10.1. The number of nitrogens with zero attached hydrogens (tertiary/aromatic N) is 2. The Morgan fingerprint density at radius 1 is 0.929 bits per heavy atom. The maximum atomic E-state index is 12.2. The summed E-state index contributed by atoms with van der Waals surface area (Å²) in [6.07, 6.45) is 0.281. The van der Waals surface area contributed by atoms with Gasteiger partial charge in [0.2, 0.25) is 5.91 Å². The molecule has 0 saturated heterocycles. The molecule has 1 aromatic heterocycles. The molecule has 0 fully saturated rings. The van der Waals surface area contributed by atoms with E-state index in [0.29, 0.717) is 28.8 Å². The minimum Gasteiger partial charge on any atom is -0.497 e. The molecule has 0 saturated carbocycles. The van der Waals surface area contributed by atoms with E-state index < -0.39 is 0 Å². The molecule has 0 unspecified atom stereocenters. The first-order valence-electron chi connectivity index (χ1n) is 8.75. The Balaban J connectivity index is 1.63. The summed E-state index contributed by atoms with van der Waals surface area (Å²) in [5.41, 5.74) is 2.80. The van der Waals surface area contributed by atoms with Crippen LogP contribution in [0.1, 0.15) is 11.1 Å².